The third-order valence-corrected chi connectivity index (χ3v) is 3.13. The fourth-order valence-electron chi connectivity index (χ4n) is 2.13. The fraction of sp³-hybridized carbons (Fsp3) is 0.0588. The van der Waals surface area contributed by atoms with Crippen molar-refractivity contribution in [1.29, 1.82) is 0 Å². The molecule has 21 heavy (non-hydrogen) atoms. The minimum atomic E-state index is 0.229. The van der Waals surface area contributed by atoms with Crippen molar-refractivity contribution >= 4 is 0 Å². The summed E-state index contributed by atoms with van der Waals surface area (Å²) in [6, 6.07) is 16.8. The molecule has 0 saturated heterocycles. The molecule has 0 aliphatic heterocycles. The predicted molar refractivity (Wildman–Crippen MR) is 82.8 cm³/mol. The number of hydrogen-bond donors (Lipinski definition) is 1. The summed E-state index contributed by atoms with van der Waals surface area (Å²) in [6.07, 6.45) is 1.79. The highest BCUT2D eigenvalue weighted by Crippen LogP contribution is 2.23. The molecule has 0 saturated carbocycles. The number of phenolic OH excluding ortho intramolecular Hbond substituents is 1. The van der Waals surface area contributed by atoms with E-state index < -0.39 is 0 Å². The van der Waals surface area contributed by atoms with Crippen molar-refractivity contribution in [1.82, 2.24) is 14.8 Å². The van der Waals surface area contributed by atoms with Crippen molar-refractivity contribution in [3.8, 4) is 28.5 Å². The van der Waals surface area contributed by atoms with Gasteiger partial charge >= 0.3 is 0 Å². The van der Waals surface area contributed by atoms with Crippen LogP contribution < -0.4 is 0 Å². The van der Waals surface area contributed by atoms with Crippen LogP contribution in [-0.4, -0.2) is 19.9 Å². The molecular weight excluding hydrogens is 262 g/mol. The minimum absolute atomic E-state index is 0.229. The van der Waals surface area contributed by atoms with Gasteiger partial charge in [0.2, 0.25) is 0 Å². The zero-order valence-electron chi connectivity index (χ0n) is 11.5. The summed E-state index contributed by atoms with van der Waals surface area (Å²) in [5, 5.41) is 13.9. The van der Waals surface area contributed by atoms with Crippen LogP contribution in [0.5, 0.6) is 5.75 Å². The molecular formula is C17H15N3O. The molecule has 0 amide bonds. The first-order valence-corrected chi connectivity index (χ1v) is 6.68. The van der Waals surface area contributed by atoms with Crippen LogP contribution in [-0.2, 0) is 6.54 Å². The summed E-state index contributed by atoms with van der Waals surface area (Å²) in [5.74, 6) is 1.67. The third kappa shape index (κ3) is 2.69. The number of phenols is 1. The molecule has 0 aliphatic rings. The molecule has 0 unspecified atom stereocenters. The largest absolute Gasteiger partial charge is 0.508 e. The maximum absolute atomic E-state index is 9.37. The summed E-state index contributed by atoms with van der Waals surface area (Å²) < 4.78 is 1.82. The molecule has 0 atom stereocenters. The van der Waals surface area contributed by atoms with Gasteiger partial charge in [-0.25, -0.2) is 9.67 Å². The second kappa shape index (κ2) is 5.63. The number of rotatable bonds is 4. The van der Waals surface area contributed by atoms with E-state index in [1.54, 1.807) is 30.3 Å². The summed E-state index contributed by atoms with van der Waals surface area (Å²) >= 11 is 0. The summed E-state index contributed by atoms with van der Waals surface area (Å²) in [4.78, 5) is 4.62. The Morgan fingerprint density at radius 2 is 1.71 bits per heavy atom. The maximum Gasteiger partial charge on any atom is 0.181 e. The molecule has 3 rings (SSSR count). The van der Waals surface area contributed by atoms with Gasteiger partial charge in [0.05, 0.1) is 6.54 Å². The minimum Gasteiger partial charge on any atom is -0.508 e. The average molecular weight is 277 g/mol. The lowest BCUT2D eigenvalue weighted by molar-refractivity contribution is 0.475. The van der Waals surface area contributed by atoms with Crippen LogP contribution in [0, 0.1) is 0 Å². The molecule has 1 aromatic heterocycles. The Hall–Kier alpha value is -2.88. The van der Waals surface area contributed by atoms with Gasteiger partial charge in [0.1, 0.15) is 5.75 Å². The second-order valence-corrected chi connectivity index (χ2v) is 4.64. The second-order valence-electron chi connectivity index (χ2n) is 4.64. The van der Waals surface area contributed by atoms with Gasteiger partial charge in [-0.15, -0.1) is 6.58 Å². The first-order valence-electron chi connectivity index (χ1n) is 6.68. The highest BCUT2D eigenvalue weighted by molar-refractivity contribution is 5.62. The Morgan fingerprint density at radius 1 is 1.00 bits per heavy atom. The molecule has 1 heterocycles. The predicted octanol–water partition coefficient (Wildman–Crippen LogP) is 3.50. The van der Waals surface area contributed by atoms with E-state index in [9.17, 15) is 5.11 Å². The van der Waals surface area contributed by atoms with E-state index in [0.717, 1.165) is 17.0 Å². The maximum atomic E-state index is 9.37. The topological polar surface area (TPSA) is 50.9 Å². The zero-order chi connectivity index (χ0) is 14.7. The molecule has 0 spiro atoms. The van der Waals surface area contributed by atoms with E-state index in [4.69, 9.17) is 0 Å². The Balaban J connectivity index is 2.08. The van der Waals surface area contributed by atoms with Crippen molar-refractivity contribution in [2.75, 3.05) is 0 Å². The van der Waals surface area contributed by atoms with E-state index in [0.29, 0.717) is 12.4 Å². The molecule has 0 bridgehead atoms. The number of hydrogen-bond acceptors (Lipinski definition) is 3. The highest BCUT2D eigenvalue weighted by atomic mass is 16.3. The third-order valence-electron chi connectivity index (χ3n) is 3.13. The normalized spacial score (nSPS) is 10.5. The van der Waals surface area contributed by atoms with Crippen molar-refractivity contribution in [3.05, 3.63) is 67.3 Å². The lowest BCUT2D eigenvalue weighted by Gasteiger charge is -2.01. The molecule has 0 radical (unpaired) electrons. The summed E-state index contributed by atoms with van der Waals surface area (Å²) in [7, 11) is 0. The van der Waals surface area contributed by atoms with Gasteiger partial charge in [0.25, 0.3) is 0 Å². The van der Waals surface area contributed by atoms with Crippen LogP contribution in [0.1, 0.15) is 0 Å². The first kappa shape index (κ1) is 13.1. The standard InChI is InChI=1S/C17H15N3O/c1-2-12-20-17(14-6-4-3-5-7-14)18-16(19-20)13-8-10-15(21)11-9-13/h2-11,21H,1,12H2. The van der Waals surface area contributed by atoms with Crippen molar-refractivity contribution in [2.24, 2.45) is 0 Å². The zero-order valence-corrected chi connectivity index (χ0v) is 11.5. The van der Waals surface area contributed by atoms with Crippen LogP contribution in [0.4, 0.5) is 0 Å². The van der Waals surface area contributed by atoms with Gasteiger partial charge < -0.3 is 5.11 Å². The van der Waals surface area contributed by atoms with Crippen LogP contribution >= 0.6 is 0 Å². The summed E-state index contributed by atoms with van der Waals surface area (Å²) in [5.41, 5.74) is 1.88. The van der Waals surface area contributed by atoms with Gasteiger partial charge in [-0.1, -0.05) is 36.4 Å². The van der Waals surface area contributed by atoms with E-state index >= 15 is 0 Å². The lowest BCUT2D eigenvalue weighted by Crippen LogP contribution is -2.00. The molecule has 4 nitrogen and oxygen atoms in total. The molecule has 104 valence electrons. The van der Waals surface area contributed by atoms with E-state index in [1.807, 2.05) is 35.0 Å². The van der Waals surface area contributed by atoms with Gasteiger partial charge in [-0.2, -0.15) is 5.10 Å². The number of aromatic nitrogens is 3. The fourth-order valence-corrected chi connectivity index (χ4v) is 2.13. The Labute approximate surface area is 123 Å². The molecule has 2 aromatic carbocycles. The molecule has 4 heteroatoms. The van der Waals surface area contributed by atoms with E-state index in [1.165, 1.54) is 0 Å². The monoisotopic (exact) mass is 277 g/mol. The Kier molecular flexibility index (Phi) is 3.51. The van der Waals surface area contributed by atoms with E-state index in [2.05, 4.69) is 16.7 Å². The van der Waals surface area contributed by atoms with Crippen LogP contribution in [0.25, 0.3) is 22.8 Å². The van der Waals surface area contributed by atoms with Gasteiger partial charge in [0.15, 0.2) is 11.6 Å². The van der Waals surface area contributed by atoms with Crippen LogP contribution in [0.3, 0.4) is 0 Å². The Morgan fingerprint density at radius 3 is 2.38 bits per heavy atom. The van der Waals surface area contributed by atoms with E-state index in [-0.39, 0.29) is 5.75 Å². The molecule has 0 fully saturated rings. The lowest BCUT2D eigenvalue weighted by atomic mass is 10.2. The highest BCUT2D eigenvalue weighted by Gasteiger charge is 2.12. The molecule has 3 aromatic rings. The quantitative estimate of drug-likeness (QED) is 0.742. The SMILES string of the molecule is C=CCn1nc(-c2ccc(O)cc2)nc1-c1ccccc1. The van der Waals surface area contributed by atoms with Crippen molar-refractivity contribution < 1.29 is 5.11 Å². The Bertz CT molecular complexity index is 745. The van der Waals surface area contributed by atoms with Crippen molar-refractivity contribution in [3.63, 3.8) is 0 Å². The smallest absolute Gasteiger partial charge is 0.181 e. The van der Waals surface area contributed by atoms with Crippen molar-refractivity contribution in [2.45, 2.75) is 6.54 Å². The van der Waals surface area contributed by atoms with Gasteiger partial charge in [-0.05, 0) is 24.3 Å². The number of nitrogens with zero attached hydrogens (tertiary/aromatic N) is 3. The number of benzene rings is 2. The average Bonchev–Trinajstić information content (AvgIpc) is 2.93. The van der Waals surface area contributed by atoms with Crippen LogP contribution in [0.2, 0.25) is 0 Å². The number of aromatic hydroxyl groups is 1. The number of allylic oxidation sites excluding steroid dienone is 1. The van der Waals surface area contributed by atoms with Crippen LogP contribution in [0.15, 0.2) is 67.3 Å². The molecule has 1 N–H and O–H groups in total. The van der Waals surface area contributed by atoms with Gasteiger partial charge in [0, 0.05) is 11.1 Å². The first-order chi connectivity index (χ1) is 10.3. The molecule has 0 aliphatic carbocycles. The van der Waals surface area contributed by atoms with Gasteiger partial charge in [-0.3, -0.25) is 0 Å². The summed E-state index contributed by atoms with van der Waals surface area (Å²) in [6.45, 7) is 4.36.